The van der Waals surface area contributed by atoms with Gasteiger partial charge in [0.2, 0.25) is 0 Å². The summed E-state index contributed by atoms with van der Waals surface area (Å²) in [6.07, 6.45) is 0.903. The molecule has 1 N–H and O–H groups in total. The summed E-state index contributed by atoms with van der Waals surface area (Å²) in [6, 6.07) is 8.24. The molecule has 1 heterocycles. The highest BCUT2D eigenvalue weighted by atomic mass is 79.9. The highest BCUT2D eigenvalue weighted by Crippen LogP contribution is 2.32. The quantitative estimate of drug-likeness (QED) is 0.898. The summed E-state index contributed by atoms with van der Waals surface area (Å²) in [5, 5.41) is 3.14. The maximum Gasteiger partial charge on any atom is 0.163 e. The molecule has 0 spiro atoms. The third-order valence-corrected chi connectivity index (χ3v) is 3.95. The average Bonchev–Trinajstić information content (AvgIpc) is 2.91. The van der Waals surface area contributed by atoms with E-state index >= 15 is 0 Å². The average molecular weight is 354 g/mol. The Hall–Kier alpha value is -1.46. The van der Waals surface area contributed by atoms with E-state index in [9.17, 15) is 8.78 Å². The number of ether oxygens (including phenoxy) is 1. The Labute approximate surface area is 130 Å². The maximum atomic E-state index is 13.6. The van der Waals surface area contributed by atoms with Crippen LogP contribution in [0.5, 0.6) is 5.75 Å². The number of hydrogen-bond acceptors (Lipinski definition) is 2. The second-order valence-electron chi connectivity index (χ2n) is 4.97. The molecule has 3 rings (SSSR count). The van der Waals surface area contributed by atoms with Crippen LogP contribution in [-0.4, -0.2) is 6.61 Å². The van der Waals surface area contributed by atoms with Crippen molar-refractivity contribution in [2.45, 2.75) is 19.5 Å². The zero-order valence-electron chi connectivity index (χ0n) is 11.3. The van der Waals surface area contributed by atoms with Crippen LogP contribution in [0.25, 0.3) is 0 Å². The van der Waals surface area contributed by atoms with E-state index in [1.165, 1.54) is 11.6 Å². The Morgan fingerprint density at radius 1 is 1.14 bits per heavy atom. The SMILES string of the molecule is Fc1cccc(CNCc2cc(Br)cc3c2OCC3)c1F. The largest absolute Gasteiger partial charge is 0.493 e. The first-order chi connectivity index (χ1) is 10.1. The van der Waals surface area contributed by atoms with Gasteiger partial charge in [-0.3, -0.25) is 0 Å². The van der Waals surface area contributed by atoms with Gasteiger partial charge in [-0.05, 0) is 23.8 Å². The number of benzene rings is 2. The predicted octanol–water partition coefficient (Wildman–Crippen LogP) is 3.95. The summed E-state index contributed by atoms with van der Waals surface area (Å²) in [5.74, 6) is -0.702. The van der Waals surface area contributed by atoms with Crippen molar-refractivity contribution in [3.63, 3.8) is 0 Å². The van der Waals surface area contributed by atoms with Gasteiger partial charge < -0.3 is 10.1 Å². The Kier molecular flexibility index (Phi) is 4.22. The van der Waals surface area contributed by atoms with Crippen LogP contribution in [0.4, 0.5) is 8.78 Å². The summed E-state index contributed by atoms with van der Waals surface area (Å²) >= 11 is 3.48. The van der Waals surface area contributed by atoms with E-state index in [1.807, 2.05) is 6.07 Å². The van der Waals surface area contributed by atoms with Crippen molar-refractivity contribution in [1.29, 1.82) is 0 Å². The first-order valence-corrected chi connectivity index (χ1v) is 7.52. The Morgan fingerprint density at radius 3 is 2.81 bits per heavy atom. The molecule has 1 aliphatic rings. The molecule has 2 nitrogen and oxygen atoms in total. The predicted molar refractivity (Wildman–Crippen MR) is 80.2 cm³/mol. The van der Waals surface area contributed by atoms with E-state index in [2.05, 4.69) is 27.3 Å². The van der Waals surface area contributed by atoms with E-state index < -0.39 is 11.6 Å². The third-order valence-electron chi connectivity index (χ3n) is 3.49. The lowest BCUT2D eigenvalue weighted by Crippen LogP contribution is -2.14. The van der Waals surface area contributed by atoms with Crippen LogP contribution in [0, 0.1) is 11.6 Å². The molecule has 21 heavy (non-hydrogen) atoms. The van der Waals surface area contributed by atoms with Crippen molar-refractivity contribution in [2.24, 2.45) is 0 Å². The van der Waals surface area contributed by atoms with Crippen molar-refractivity contribution in [1.82, 2.24) is 5.32 Å². The van der Waals surface area contributed by atoms with E-state index in [0.717, 1.165) is 28.3 Å². The molecule has 1 aliphatic heterocycles. The molecule has 0 aliphatic carbocycles. The van der Waals surface area contributed by atoms with E-state index in [4.69, 9.17) is 4.74 Å². The van der Waals surface area contributed by atoms with Gasteiger partial charge in [0, 0.05) is 35.1 Å². The topological polar surface area (TPSA) is 21.3 Å². The normalized spacial score (nSPS) is 13.1. The summed E-state index contributed by atoms with van der Waals surface area (Å²) in [4.78, 5) is 0. The van der Waals surface area contributed by atoms with Gasteiger partial charge in [-0.15, -0.1) is 0 Å². The second-order valence-corrected chi connectivity index (χ2v) is 5.88. The summed E-state index contributed by atoms with van der Waals surface area (Å²) in [7, 11) is 0. The highest BCUT2D eigenvalue weighted by Gasteiger charge is 2.17. The molecule has 0 amide bonds. The molecule has 0 atom stereocenters. The molecule has 0 bridgehead atoms. The lowest BCUT2D eigenvalue weighted by Gasteiger charge is -2.11. The van der Waals surface area contributed by atoms with Crippen LogP contribution >= 0.6 is 15.9 Å². The molecule has 0 radical (unpaired) electrons. The van der Waals surface area contributed by atoms with Crippen molar-refractivity contribution < 1.29 is 13.5 Å². The minimum atomic E-state index is -0.819. The monoisotopic (exact) mass is 353 g/mol. The molecule has 0 aromatic heterocycles. The Morgan fingerprint density at radius 2 is 1.95 bits per heavy atom. The van der Waals surface area contributed by atoms with Gasteiger partial charge in [-0.1, -0.05) is 28.1 Å². The zero-order valence-corrected chi connectivity index (χ0v) is 12.8. The molecule has 5 heteroatoms. The lowest BCUT2D eigenvalue weighted by atomic mass is 10.1. The van der Waals surface area contributed by atoms with Gasteiger partial charge in [0.15, 0.2) is 11.6 Å². The Balaban J connectivity index is 1.70. The maximum absolute atomic E-state index is 13.6. The number of fused-ring (bicyclic) bond motifs is 1. The van der Waals surface area contributed by atoms with Crippen molar-refractivity contribution in [3.05, 3.63) is 63.1 Å². The zero-order chi connectivity index (χ0) is 14.8. The van der Waals surface area contributed by atoms with E-state index in [0.29, 0.717) is 18.7 Å². The molecular formula is C16H14BrF2NO. The number of hydrogen-bond donors (Lipinski definition) is 1. The third kappa shape index (κ3) is 3.09. The fourth-order valence-corrected chi connectivity index (χ4v) is 3.05. The van der Waals surface area contributed by atoms with Gasteiger partial charge in [0.1, 0.15) is 5.75 Å². The smallest absolute Gasteiger partial charge is 0.163 e. The first kappa shape index (κ1) is 14.5. The molecule has 0 saturated carbocycles. The minimum absolute atomic E-state index is 0.269. The van der Waals surface area contributed by atoms with Crippen molar-refractivity contribution in [3.8, 4) is 5.75 Å². The number of rotatable bonds is 4. The van der Waals surface area contributed by atoms with Crippen LogP contribution in [0.2, 0.25) is 0 Å². The van der Waals surface area contributed by atoms with Crippen LogP contribution in [0.3, 0.4) is 0 Å². The summed E-state index contributed by atoms with van der Waals surface area (Å²) in [5.41, 5.74) is 2.52. The van der Waals surface area contributed by atoms with E-state index in [1.54, 1.807) is 6.07 Å². The molecule has 110 valence electrons. The molecule has 0 saturated heterocycles. The molecule has 0 fully saturated rings. The minimum Gasteiger partial charge on any atom is -0.493 e. The highest BCUT2D eigenvalue weighted by molar-refractivity contribution is 9.10. The van der Waals surface area contributed by atoms with Crippen LogP contribution in [-0.2, 0) is 19.5 Å². The number of nitrogens with one attached hydrogen (secondary N) is 1. The van der Waals surface area contributed by atoms with Crippen molar-refractivity contribution >= 4 is 15.9 Å². The fraction of sp³-hybridized carbons (Fsp3) is 0.250. The van der Waals surface area contributed by atoms with Crippen LogP contribution in [0.1, 0.15) is 16.7 Å². The van der Waals surface area contributed by atoms with Crippen LogP contribution in [0.15, 0.2) is 34.8 Å². The van der Waals surface area contributed by atoms with E-state index in [-0.39, 0.29) is 6.54 Å². The van der Waals surface area contributed by atoms with Gasteiger partial charge in [0.25, 0.3) is 0 Å². The summed E-state index contributed by atoms with van der Waals surface area (Å²) < 4.78 is 33.3. The second kappa shape index (κ2) is 6.12. The first-order valence-electron chi connectivity index (χ1n) is 6.73. The Bertz CT molecular complexity index is 676. The molecular weight excluding hydrogens is 340 g/mol. The molecule has 0 unspecified atom stereocenters. The fourth-order valence-electron chi connectivity index (χ4n) is 2.49. The number of halogens is 3. The molecule has 2 aromatic carbocycles. The van der Waals surface area contributed by atoms with Gasteiger partial charge in [-0.2, -0.15) is 0 Å². The van der Waals surface area contributed by atoms with Crippen molar-refractivity contribution in [2.75, 3.05) is 6.61 Å². The van der Waals surface area contributed by atoms with Gasteiger partial charge in [-0.25, -0.2) is 8.78 Å². The summed E-state index contributed by atoms with van der Waals surface area (Å²) in [6.45, 7) is 1.50. The standard InChI is InChI=1S/C16H14BrF2NO/c17-13-6-10-4-5-21-16(10)12(7-13)9-20-8-11-2-1-3-14(18)15(11)19/h1-3,6-7,20H,4-5,8-9H2. The molecule has 2 aromatic rings. The van der Waals surface area contributed by atoms with Gasteiger partial charge in [0.05, 0.1) is 6.61 Å². The lowest BCUT2D eigenvalue weighted by molar-refractivity contribution is 0.352. The van der Waals surface area contributed by atoms with Crippen LogP contribution < -0.4 is 10.1 Å². The van der Waals surface area contributed by atoms with Gasteiger partial charge >= 0.3 is 0 Å².